The molecule has 0 saturated carbocycles. The van der Waals surface area contributed by atoms with Gasteiger partial charge < -0.3 is 15.0 Å². The molecule has 4 nitrogen and oxygen atoms in total. The van der Waals surface area contributed by atoms with E-state index in [9.17, 15) is 4.79 Å². The SMILES string of the molecule is O=C(C1CCCO1)N1CC2(CCCCN2)C1. The van der Waals surface area contributed by atoms with E-state index in [1.165, 1.54) is 19.3 Å². The van der Waals surface area contributed by atoms with E-state index in [2.05, 4.69) is 5.32 Å². The van der Waals surface area contributed by atoms with Crippen LogP contribution in [0.25, 0.3) is 0 Å². The zero-order valence-electron chi connectivity index (χ0n) is 9.71. The Morgan fingerprint density at radius 1 is 1.31 bits per heavy atom. The predicted molar refractivity (Wildman–Crippen MR) is 60.1 cm³/mol. The average Bonchev–Trinajstić information content (AvgIpc) is 2.79. The van der Waals surface area contributed by atoms with Gasteiger partial charge in [0, 0.05) is 19.7 Å². The molecule has 3 aliphatic heterocycles. The molecule has 4 heteroatoms. The number of piperidine rings is 1. The van der Waals surface area contributed by atoms with Gasteiger partial charge in [0.05, 0.1) is 5.54 Å². The topological polar surface area (TPSA) is 41.6 Å². The van der Waals surface area contributed by atoms with E-state index in [0.717, 1.165) is 39.1 Å². The largest absolute Gasteiger partial charge is 0.368 e. The Morgan fingerprint density at radius 2 is 2.19 bits per heavy atom. The molecule has 1 atom stereocenters. The predicted octanol–water partition coefficient (Wildman–Crippen LogP) is 0.520. The lowest BCUT2D eigenvalue weighted by atomic mass is 9.81. The van der Waals surface area contributed by atoms with Crippen LogP contribution in [0.15, 0.2) is 0 Å². The second kappa shape index (κ2) is 4.00. The molecule has 3 heterocycles. The van der Waals surface area contributed by atoms with Crippen molar-refractivity contribution in [2.24, 2.45) is 0 Å². The fraction of sp³-hybridized carbons (Fsp3) is 0.917. The zero-order chi connectivity index (χ0) is 11.0. The molecule has 0 radical (unpaired) electrons. The minimum absolute atomic E-state index is 0.138. The van der Waals surface area contributed by atoms with Gasteiger partial charge in [0.2, 0.25) is 0 Å². The molecule has 3 fully saturated rings. The minimum Gasteiger partial charge on any atom is -0.368 e. The summed E-state index contributed by atoms with van der Waals surface area (Å²) < 4.78 is 5.44. The van der Waals surface area contributed by atoms with Crippen LogP contribution >= 0.6 is 0 Å². The monoisotopic (exact) mass is 224 g/mol. The molecule has 90 valence electrons. The lowest BCUT2D eigenvalue weighted by molar-refractivity contribution is -0.150. The van der Waals surface area contributed by atoms with Crippen LogP contribution in [-0.2, 0) is 9.53 Å². The van der Waals surface area contributed by atoms with Crippen molar-refractivity contribution in [3.8, 4) is 0 Å². The summed E-state index contributed by atoms with van der Waals surface area (Å²) in [5, 5.41) is 3.57. The second-order valence-electron chi connectivity index (χ2n) is 5.36. The maximum atomic E-state index is 12.0. The van der Waals surface area contributed by atoms with Crippen LogP contribution in [0.5, 0.6) is 0 Å². The molecule has 3 rings (SSSR count). The van der Waals surface area contributed by atoms with Crippen molar-refractivity contribution in [1.29, 1.82) is 0 Å². The minimum atomic E-state index is -0.138. The summed E-state index contributed by atoms with van der Waals surface area (Å²) in [5.41, 5.74) is 0.256. The van der Waals surface area contributed by atoms with Gasteiger partial charge >= 0.3 is 0 Å². The van der Waals surface area contributed by atoms with E-state index in [0.29, 0.717) is 0 Å². The maximum absolute atomic E-state index is 12.0. The molecule has 1 spiro atoms. The standard InChI is InChI=1S/C12H20N2O2/c15-11(10-4-3-7-16-10)14-8-12(9-14)5-1-2-6-13-12/h10,13H,1-9H2. The third kappa shape index (κ3) is 1.74. The van der Waals surface area contributed by atoms with Crippen LogP contribution in [0.1, 0.15) is 32.1 Å². The summed E-state index contributed by atoms with van der Waals surface area (Å²) in [4.78, 5) is 14.0. The van der Waals surface area contributed by atoms with Gasteiger partial charge in [-0.1, -0.05) is 6.42 Å². The van der Waals surface area contributed by atoms with Crippen molar-refractivity contribution < 1.29 is 9.53 Å². The van der Waals surface area contributed by atoms with Crippen molar-refractivity contribution >= 4 is 5.91 Å². The molecule has 1 N–H and O–H groups in total. The Morgan fingerprint density at radius 3 is 2.81 bits per heavy atom. The van der Waals surface area contributed by atoms with Gasteiger partial charge in [0.25, 0.3) is 5.91 Å². The third-order valence-corrected chi connectivity index (χ3v) is 4.09. The number of ether oxygens (including phenoxy) is 1. The van der Waals surface area contributed by atoms with Crippen LogP contribution in [0.2, 0.25) is 0 Å². The first-order valence-electron chi connectivity index (χ1n) is 6.45. The molecule has 1 amide bonds. The van der Waals surface area contributed by atoms with E-state index in [-0.39, 0.29) is 17.6 Å². The van der Waals surface area contributed by atoms with Gasteiger partial charge in [-0.25, -0.2) is 0 Å². The fourth-order valence-corrected chi connectivity index (χ4v) is 3.12. The highest BCUT2D eigenvalue weighted by molar-refractivity contribution is 5.82. The van der Waals surface area contributed by atoms with Crippen LogP contribution < -0.4 is 5.32 Å². The maximum Gasteiger partial charge on any atom is 0.251 e. The van der Waals surface area contributed by atoms with Crippen molar-refractivity contribution in [2.45, 2.75) is 43.7 Å². The zero-order valence-corrected chi connectivity index (χ0v) is 9.71. The summed E-state index contributed by atoms with van der Waals surface area (Å²) in [6, 6.07) is 0. The highest BCUT2D eigenvalue weighted by atomic mass is 16.5. The van der Waals surface area contributed by atoms with E-state index in [4.69, 9.17) is 4.74 Å². The molecule has 0 aromatic rings. The lowest BCUT2D eigenvalue weighted by Crippen LogP contribution is -2.72. The summed E-state index contributed by atoms with van der Waals surface area (Å²) in [6.07, 6.45) is 5.61. The first kappa shape index (κ1) is 10.5. The van der Waals surface area contributed by atoms with Gasteiger partial charge in [0.15, 0.2) is 0 Å². The van der Waals surface area contributed by atoms with Gasteiger partial charge in [-0.15, -0.1) is 0 Å². The molecule has 0 bridgehead atoms. The first-order chi connectivity index (χ1) is 7.79. The average molecular weight is 224 g/mol. The van der Waals surface area contributed by atoms with Crippen LogP contribution in [0.3, 0.4) is 0 Å². The number of nitrogens with one attached hydrogen (secondary N) is 1. The molecule has 1 unspecified atom stereocenters. The number of hydrogen-bond donors (Lipinski definition) is 1. The molecule has 3 saturated heterocycles. The second-order valence-corrected chi connectivity index (χ2v) is 5.36. The number of amides is 1. The molecular weight excluding hydrogens is 204 g/mol. The van der Waals surface area contributed by atoms with Crippen molar-refractivity contribution in [3.63, 3.8) is 0 Å². The van der Waals surface area contributed by atoms with E-state index >= 15 is 0 Å². The van der Waals surface area contributed by atoms with Crippen molar-refractivity contribution in [3.05, 3.63) is 0 Å². The van der Waals surface area contributed by atoms with Gasteiger partial charge in [-0.2, -0.15) is 0 Å². The number of rotatable bonds is 1. The lowest BCUT2D eigenvalue weighted by Gasteiger charge is -2.53. The van der Waals surface area contributed by atoms with E-state index < -0.39 is 0 Å². The number of likely N-dealkylation sites (tertiary alicyclic amines) is 1. The Hall–Kier alpha value is -0.610. The molecular formula is C12H20N2O2. The van der Waals surface area contributed by atoms with Crippen LogP contribution in [-0.4, -0.2) is 48.7 Å². The Balaban J connectivity index is 1.53. The molecule has 16 heavy (non-hydrogen) atoms. The smallest absolute Gasteiger partial charge is 0.251 e. The van der Waals surface area contributed by atoms with Crippen LogP contribution in [0.4, 0.5) is 0 Å². The third-order valence-electron chi connectivity index (χ3n) is 4.09. The van der Waals surface area contributed by atoms with Crippen molar-refractivity contribution in [2.75, 3.05) is 26.2 Å². The quantitative estimate of drug-likeness (QED) is 0.706. The summed E-state index contributed by atoms with van der Waals surface area (Å²) >= 11 is 0. The van der Waals surface area contributed by atoms with Crippen LogP contribution in [0, 0.1) is 0 Å². The van der Waals surface area contributed by atoms with Crippen molar-refractivity contribution in [1.82, 2.24) is 10.2 Å². The molecule has 0 aromatic carbocycles. The number of hydrogen-bond acceptors (Lipinski definition) is 3. The number of nitrogens with zero attached hydrogens (tertiary/aromatic N) is 1. The molecule has 0 aromatic heterocycles. The normalized spacial score (nSPS) is 32.8. The summed E-state index contributed by atoms with van der Waals surface area (Å²) in [5.74, 6) is 0.218. The van der Waals surface area contributed by atoms with E-state index in [1.54, 1.807) is 0 Å². The first-order valence-corrected chi connectivity index (χ1v) is 6.45. The highest BCUT2D eigenvalue weighted by Gasteiger charge is 2.47. The van der Waals surface area contributed by atoms with E-state index in [1.807, 2.05) is 4.90 Å². The number of carbonyl (C=O) groups excluding carboxylic acids is 1. The molecule has 0 aliphatic carbocycles. The number of carbonyl (C=O) groups is 1. The van der Waals surface area contributed by atoms with Gasteiger partial charge in [-0.3, -0.25) is 4.79 Å². The molecule has 3 aliphatic rings. The Bertz CT molecular complexity index is 273. The summed E-state index contributed by atoms with van der Waals surface area (Å²) in [6.45, 7) is 3.66. The summed E-state index contributed by atoms with van der Waals surface area (Å²) in [7, 11) is 0. The Labute approximate surface area is 96.3 Å². The van der Waals surface area contributed by atoms with Gasteiger partial charge in [-0.05, 0) is 32.2 Å². The van der Waals surface area contributed by atoms with Gasteiger partial charge in [0.1, 0.15) is 6.10 Å². The Kier molecular flexibility index (Phi) is 2.64. The fourth-order valence-electron chi connectivity index (χ4n) is 3.12. The highest BCUT2D eigenvalue weighted by Crippen LogP contribution is 2.31.